The third-order valence-electron chi connectivity index (χ3n) is 2.55. The molecule has 2 nitrogen and oxygen atoms in total. The Kier molecular flexibility index (Phi) is 3.50. The Hall–Kier alpha value is -0.610. The van der Waals surface area contributed by atoms with Gasteiger partial charge in [0.1, 0.15) is 0 Å². The Bertz CT molecular complexity index is 533. The number of nitrogens with one attached hydrogen (secondary N) is 1. The number of halogens is 2. The van der Waals surface area contributed by atoms with Crippen LogP contribution in [0.4, 0.5) is 0 Å². The molecule has 0 bridgehead atoms. The van der Waals surface area contributed by atoms with Gasteiger partial charge in [-0.1, -0.05) is 44.8 Å². The number of H-pyrrole nitrogens is 1. The molecular formula is C12H11Br2NO. The summed E-state index contributed by atoms with van der Waals surface area (Å²) in [6.07, 6.45) is 2.57. The van der Waals surface area contributed by atoms with Gasteiger partial charge in [0.2, 0.25) is 0 Å². The van der Waals surface area contributed by atoms with Gasteiger partial charge in [-0.25, -0.2) is 0 Å². The molecule has 0 amide bonds. The first-order valence-electron chi connectivity index (χ1n) is 5.08. The second-order valence-electron chi connectivity index (χ2n) is 3.63. The number of ketones is 1. The molecule has 16 heavy (non-hydrogen) atoms. The molecular weight excluding hydrogens is 334 g/mol. The maximum absolute atomic E-state index is 12.1. The van der Waals surface area contributed by atoms with Crippen molar-refractivity contribution >= 4 is 48.5 Å². The van der Waals surface area contributed by atoms with Crippen LogP contribution in [0.1, 0.15) is 23.7 Å². The Morgan fingerprint density at radius 3 is 2.94 bits per heavy atom. The van der Waals surface area contributed by atoms with E-state index in [1.165, 1.54) is 0 Å². The molecule has 0 saturated carbocycles. The van der Waals surface area contributed by atoms with Crippen LogP contribution in [0.15, 0.2) is 28.9 Å². The summed E-state index contributed by atoms with van der Waals surface area (Å²) in [4.78, 5) is 15.1. The molecule has 2 rings (SSSR count). The van der Waals surface area contributed by atoms with Crippen molar-refractivity contribution in [3.8, 4) is 0 Å². The van der Waals surface area contributed by atoms with Crippen molar-refractivity contribution in [2.24, 2.45) is 0 Å². The van der Waals surface area contributed by atoms with Gasteiger partial charge in [0, 0.05) is 27.1 Å². The fourth-order valence-electron chi connectivity index (χ4n) is 1.66. The van der Waals surface area contributed by atoms with Gasteiger partial charge in [0.25, 0.3) is 0 Å². The van der Waals surface area contributed by atoms with Gasteiger partial charge in [-0.3, -0.25) is 4.79 Å². The Morgan fingerprint density at radius 1 is 1.50 bits per heavy atom. The summed E-state index contributed by atoms with van der Waals surface area (Å²) >= 11 is 6.80. The predicted octanol–water partition coefficient (Wildman–Crippen LogP) is 4.29. The Morgan fingerprint density at radius 2 is 2.25 bits per heavy atom. The second-order valence-corrected chi connectivity index (χ2v) is 5.65. The SMILES string of the molecule is CCC(Br)C(=O)c1c[nH]c2cc(Br)ccc12. The lowest BCUT2D eigenvalue weighted by Crippen LogP contribution is -2.12. The van der Waals surface area contributed by atoms with Crippen molar-refractivity contribution in [3.05, 3.63) is 34.4 Å². The molecule has 1 heterocycles. The van der Waals surface area contributed by atoms with Crippen LogP contribution >= 0.6 is 31.9 Å². The highest BCUT2D eigenvalue weighted by Gasteiger charge is 2.18. The van der Waals surface area contributed by atoms with E-state index in [9.17, 15) is 4.79 Å². The number of hydrogen-bond donors (Lipinski definition) is 1. The molecule has 1 unspecified atom stereocenters. The minimum Gasteiger partial charge on any atom is -0.360 e. The van der Waals surface area contributed by atoms with E-state index in [4.69, 9.17) is 0 Å². The number of Topliss-reactive ketones (excluding diaryl/α,β-unsaturated/α-hetero) is 1. The van der Waals surface area contributed by atoms with E-state index in [1.807, 2.05) is 25.1 Å². The summed E-state index contributed by atoms with van der Waals surface area (Å²) < 4.78 is 1.01. The van der Waals surface area contributed by atoms with Crippen molar-refractivity contribution in [1.29, 1.82) is 0 Å². The normalized spacial score (nSPS) is 12.9. The van der Waals surface area contributed by atoms with Crippen molar-refractivity contribution < 1.29 is 4.79 Å². The Labute approximate surface area is 111 Å². The van der Waals surface area contributed by atoms with Crippen LogP contribution in [0.5, 0.6) is 0 Å². The highest BCUT2D eigenvalue weighted by atomic mass is 79.9. The van der Waals surface area contributed by atoms with Crippen LogP contribution in [-0.2, 0) is 0 Å². The van der Waals surface area contributed by atoms with Gasteiger partial charge >= 0.3 is 0 Å². The molecule has 1 aromatic carbocycles. The summed E-state index contributed by atoms with van der Waals surface area (Å²) in [6, 6.07) is 5.88. The maximum Gasteiger partial charge on any atom is 0.178 e. The molecule has 0 aliphatic rings. The minimum atomic E-state index is -0.102. The van der Waals surface area contributed by atoms with E-state index in [0.717, 1.165) is 27.4 Å². The first-order valence-corrected chi connectivity index (χ1v) is 6.79. The van der Waals surface area contributed by atoms with Gasteiger partial charge in [-0.2, -0.15) is 0 Å². The molecule has 0 saturated heterocycles. The van der Waals surface area contributed by atoms with Crippen molar-refractivity contribution in [1.82, 2.24) is 4.98 Å². The van der Waals surface area contributed by atoms with Crippen LogP contribution < -0.4 is 0 Å². The molecule has 2 aromatic rings. The first kappa shape index (κ1) is 11.9. The zero-order valence-electron chi connectivity index (χ0n) is 8.76. The molecule has 1 atom stereocenters. The molecule has 1 N–H and O–H groups in total. The molecule has 1 aromatic heterocycles. The first-order chi connectivity index (χ1) is 7.63. The van der Waals surface area contributed by atoms with Gasteiger partial charge in [-0.15, -0.1) is 0 Å². The highest BCUT2D eigenvalue weighted by Crippen LogP contribution is 2.25. The lowest BCUT2D eigenvalue weighted by Gasteiger charge is -2.04. The van der Waals surface area contributed by atoms with Crippen LogP contribution in [0.3, 0.4) is 0 Å². The Balaban J connectivity index is 2.50. The zero-order valence-corrected chi connectivity index (χ0v) is 11.9. The molecule has 0 aliphatic heterocycles. The third-order valence-corrected chi connectivity index (χ3v) is 4.11. The van der Waals surface area contributed by atoms with Crippen molar-refractivity contribution in [2.75, 3.05) is 0 Å². The average molecular weight is 345 g/mol. The average Bonchev–Trinajstić information content (AvgIpc) is 2.69. The second kappa shape index (κ2) is 4.72. The molecule has 0 aliphatic carbocycles. The zero-order chi connectivity index (χ0) is 11.7. The number of carbonyl (C=O) groups excluding carboxylic acids is 1. The standard InChI is InChI=1S/C12H11Br2NO/c1-2-10(14)12(16)9-6-15-11-5-7(13)3-4-8(9)11/h3-6,10,15H,2H2,1H3. The number of alkyl halides is 1. The molecule has 0 spiro atoms. The summed E-state index contributed by atoms with van der Waals surface area (Å²) in [5.74, 6) is 0.135. The fraction of sp³-hybridized carbons (Fsp3) is 0.250. The van der Waals surface area contributed by atoms with E-state index < -0.39 is 0 Å². The van der Waals surface area contributed by atoms with Crippen LogP contribution in [0.25, 0.3) is 10.9 Å². The number of aromatic amines is 1. The predicted molar refractivity (Wildman–Crippen MR) is 73.3 cm³/mol. The monoisotopic (exact) mass is 343 g/mol. The smallest absolute Gasteiger partial charge is 0.178 e. The van der Waals surface area contributed by atoms with Crippen molar-refractivity contribution in [2.45, 2.75) is 18.2 Å². The largest absolute Gasteiger partial charge is 0.360 e. The summed E-state index contributed by atoms with van der Waals surface area (Å²) in [5, 5.41) is 0.978. The van der Waals surface area contributed by atoms with Crippen molar-refractivity contribution in [3.63, 3.8) is 0 Å². The van der Waals surface area contributed by atoms with E-state index in [2.05, 4.69) is 36.8 Å². The number of aromatic nitrogens is 1. The van der Waals surface area contributed by atoms with E-state index in [0.29, 0.717) is 0 Å². The van der Waals surface area contributed by atoms with Gasteiger partial charge < -0.3 is 4.98 Å². The quantitative estimate of drug-likeness (QED) is 0.654. The van der Waals surface area contributed by atoms with E-state index in [1.54, 1.807) is 6.20 Å². The lowest BCUT2D eigenvalue weighted by molar-refractivity contribution is 0.0992. The summed E-state index contributed by atoms with van der Waals surface area (Å²) in [5.41, 5.74) is 1.74. The van der Waals surface area contributed by atoms with E-state index in [-0.39, 0.29) is 10.6 Å². The molecule has 0 fully saturated rings. The van der Waals surface area contributed by atoms with Gasteiger partial charge in [0.15, 0.2) is 5.78 Å². The third kappa shape index (κ3) is 2.09. The van der Waals surface area contributed by atoms with Crippen LogP contribution in [0, 0.1) is 0 Å². The number of fused-ring (bicyclic) bond motifs is 1. The molecule has 84 valence electrons. The highest BCUT2D eigenvalue weighted by molar-refractivity contribution is 9.10. The molecule has 0 radical (unpaired) electrons. The van der Waals surface area contributed by atoms with Gasteiger partial charge in [-0.05, 0) is 18.6 Å². The number of carbonyl (C=O) groups is 1. The maximum atomic E-state index is 12.1. The summed E-state index contributed by atoms with van der Waals surface area (Å²) in [7, 11) is 0. The van der Waals surface area contributed by atoms with Crippen LogP contribution in [-0.4, -0.2) is 15.6 Å². The number of benzene rings is 1. The molecule has 4 heteroatoms. The topological polar surface area (TPSA) is 32.9 Å². The number of hydrogen-bond acceptors (Lipinski definition) is 1. The lowest BCUT2D eigenvalue weighted by atomic mass is 10.1. The summed E-state index contributed by atoms with van der Waals surface area (Å²) in [6.45, 7) is 1.99. The van der Waals surface area contributed by atoms with Crippen LogP contribution in [0.2, 0.25) is 0 Å². The van der Waals surface area contributed by atoms with Gasteiger partial charge in [0.05, 0.1) is 4.83 Å². The number of rotatable bonds is 3. The van der Waals surface area contributed by atoms with E-state index >= 15 is 0 Å². The minimum absolute atomic E-state index is 0.102. The fourth-order valence-corrected chi connectivity index (χ4v) is 2.26.